The van der Waals surface area contributed by atoms with Gasteiger partial charge in [-0.1, -0.05) is 250 Å². The second-order valence-electron chi connectivity index (χ2n) is 25.7. The van der Waals surface area contributed by atoms with Crippen LogP contribution < -0.4 is 5.32 Å². The molecule has 3 aliphatic heterocycles. The van der Waals surface area contributed by atoms with Crippen LogP contribution >= 0.6 is 0 Å². The summed E-state index contributed by atoms with van der Waals surface area (Å²) in [4.78, 5) is 13.4. The van der Waals surface area contributed by atoms with Crippen molar-refractivity contribution in [2.75, 3.05) is 26.4 Å². The molecule has 3 rings (SSSR count). The molecule has 17 unspecified atom stereocenters. The Morgan fingerprint density at radius 3 is 1.16 bits per heavy atom. The fraction of sp³-hybridized carbons (Fsp3) is 0.928. The van der Waals surface area contributed by atoms with E-state index in [1.807, 2.05) is 0 Å². The fourth-order valence-electron chi connectivity index (χ4n) is 12.2. The number of carbonyl (C=O) groups excluding carboxylic acids is 1. The van der Waals surface area contributed by atoms with E-state index in [9.17, 15) is 61.0 Å². The quantitative estimate of drug-likeness (QED) is 0.0199. The Balaban J connectivity index is 1.43. The first-order valence-corrected chi connectivity index (χ1v) is 35.6. The summed E-state index contributed by atoms with van der Waals surface area (Å²) in [6, 6.07) is -0.887. The summed E-state index contributed by atoms with van der Waals surface area (Å²) in [7, 11) is 0. The molecule has 3 saturated heterocycles. The molecule has 88 heavy (non-hydrogen) atoms. The van der Waals surface area contributed by atoms with Crippen LogP contribution in [0.4, 0.5) is 0 Å². The predicted molar refractivity (Wildman–Crippen MR) is 342 cm³/mol. The van der Waals surface area contributed by atoms with Gasteiger partial charge in [-0.3, -0.25) is 4.79 Å². The lowest BCUT2D eigenvalue weighted by Crippen LogP contribution is -2.66. The third-order valence-corrected chi connectivity index (χ3v) is 18.0. The Kier molecular flexibility index (Phi) is 47.3. The molecule has 0 aliphatic carbocycles. The highest BCUT2D eigenvalue weighted by molar-refractivity contribution is 5.76. The van der Waals surface area contributed by atoms with Crippen molar-refractivity contribution in [1.29, 1.82) is 0 Å². The highest BCUT2D eigenvalue weighted by Crippen LogP contribution is 2.33. The molecule has 0 aromatic heterocycles. The van der Waals surface area contributed by atoms with Crippen LogP contribution in [0.5, 0.6) is 0 Å². The van der Waals surface area contributed by atoms with Crippen molar-refractivity contribution in [3.63, 3.8) is 0 Å². The molecule has 19 heteroatoms. The molecule has 1 amide bonds. The summed E-state index contributed by atoms with van der Waals surface area (Å²) in [5.74, 6) is -0.242. The number of hydrogen-bond acceptors (Lipinski definition) is 18. The van der Waals surface area contributed by atoms with E-state index in [4.69, 9.17) is 28.4 Å². The minimum Gasteiger partial charge on any atom is -0.394 e. The molecule has 0 spiro atoms. The van der Waals surface area contributed by atoms with Gasteiger partial charge in [0.05, 0.1) is 38.6 Å². The Morgan fingerprint density at radius 2 is 0.750 bits per heavy atom. The van der Waals surface area contributed by atoms with E-state index in [0.29, 0.717) is 12.8 Å². The van der Waals surface area contributed by atoms with Gasteiger partial charge in [0, 0.05) is 6.42 Å². The van der Waals surface area contributed by atoms with E-state index in [2.05, 4.69) is 43.5 Å². The van der Waals surface area contributed by atoms with Crippen molar-refractivity contribution < 1.29 is 89.4 Å². The molecule has 3 fully saturated rings. The second kappa shape index (κ2) is 51.7. The van der Waals surface area contributed by atoms with Crippen molar-refractivity contribution in [3.8, 4) is 0 Å². The molecule has 17 atom stereocenters. The summed E-state index contributed by atoms with van der Waals surface area (Å²) >= 11 is 0. The number of ether oxygens (including phenoxy) is 6. The molecular weight excluding hydrogens is 1130 g/mol. The molecule has 0 bridgehead atoms. The lowest BCUT2D eigenvalue weighted by molar-refractivity contribution is -0.379. The van der Waals surface area contributed by atoms with Crippen molar-refractivity contribution in [3.05, 3.63) is 24.3 Å². The predicted octanol–water partition coefficient (Wildman–Crippen LogP) is 9.44. The average molecular weight is 1260 g/mol. The Morgan fingerprint density at radius 1 is 0.409 bits per heavy atom. The Bertz CT molecular complexity index is 1690. The highest BCUT2D eigenvalue weighted by atomic mass is 16.8. The van der Waals surface area contributed by atoms with Gasteiger partial charge in [0.1, 0.15) is 73.2 Å². The maximum atomic E-state index is 13.4. The first-order valence-electron chi connectivity index (χ1n) is 35.6. The first-order chi connectivity index (χ1) is 42.8. The summed E-state index contributed by atoms with van der Waals surface area (Å²) < 4.78 is 34.4. The molecule has 19 nitrogen and oxygen atoms in total. The number of rotatable bonds is 55. The average Bonchev–Trinajstić information content (AvgIpc) is 3.71. The van der Waals surface area contributed by atoms with E-state index in [1.54, 1.807) is 0 Å². The van der Waals surface area contributed by atoms with Crippen LogP contribution in [-0.4, -0.2) is 193 Å². The molecular formula is C69H129NO18. The van der Waals surface area contributed by atoms with Crippen LogP contribution in [0.1, 0.15) is 277 Å². The summed E-state index contributed by atoms with van der Waals surface area (Å²) in [6.45, 7) is 1.82. The number of carbonyl (C=O) groups is 1. The number of nitrogens with one attached hydrogen (secondary N) is 1. The van der Waals surface area contributed by atoms with Crippen molar-refractivity contribution in [2.45, 2.75) is 381 Å². The number of aliphatic hydroxyl groups excluding tert-OH is 11. The lowest BCUT2D eigenvalue weighted by Gasteiger charge is -2.48. The van der Waals surface area contributed by atoms with Gasteiger partial charge in [-0.05, 0) is 44.9 Å². The summed E-state index contributed by atoms with van der Waals surface area (Å²) in [5.41, 5.74) is 0. The second-order valence-corrected chi connectivity index (χ2v) is 25.7. The zero-order chi connectivity index (χ0) is 64.0. The van der Waals surface area contributed by atoms with Crippen molar-refractivity contribution >= 4 is 5.91 Å². The van der Waals surface area contributed by atoms with E-state index in [1.165, 1.54) is 186 Å². The van der Waals surface area contributed by atoms with Gasteiger partial charge in [-0.15, -0.1) is 0 Å². The first kappa shape index (κ1) is 80.5. The van der Waals surface area contributed by atoms with Gasteiger partial charge >= 0.3 is 0 Å². The molecule has 0 aromatic rings. The van der Waals surface area contributed by atoms with Crippen LogP contribution in [-0.2, 0) is 33.2 Å². The number of aliphatic hydroxyl groups is 11. The number of unbranched alkanes of at least 4 members (excludes halogenated alkanes) is 35. The minimum absolute atomic E-state index is 0.242. The molecule has 3 heterocycles. The van der Waals surface area contributed by atoms with Crippen LogP contribution in [0.2, 0.25) is 0 Å². The third kappa shape index (κ3) is 33.4. The van der Waals surface area contributed by atoms with Gasteiger partial charge in [0.25, 0.3) is 0 Å². The van der Waals surface area contributed by atoms with Gasteiger partial charge in [-0.2, -0.15) is 0 Å². The van der Waals surface area contributed by atoms with Crippen LogP contribution in [0.25, 0.3) is 0 Å². The Hall–Kier alpha value is -1.73. The molecule has 0 aromatic carbocycles. The number of amides is 1. The number of hydrogen-bond donors (Lipinski definition) is 12. The van der Waals surface area contributed by atoms with E-state index < -0.39 is 124 Å². The summed E-state index contributed by atoms with van der Waals surface area (Å²) in [5, 5.41) is 121. The smallest absolute Gasteiger partial charge is 0.220 e. The van der Waals surface area contributed by atoms with Gasteiger partial charge in [0.2, 0.25) is 5.91 Å². The molecule has 0 radical (unpaired) electrons. The van der Waals surface area contributed by atoms with Crippen molar-refractivity contribution in [2.24, 2.45) is 0 Å². The molecule has 3 aliphatic rings. The van der Waals surface area contributed by atoms with Crippen molar-refractivity contribution in [1.82, 2.24) is 5.32 Å². The molecule has 12 N–H and O–H groups in total. The van der Waals surface area contributed by atoms with Crippen LogP contribution in [0.3, 0.4) is 0 Å². The highest BCUT2D eigenvalue weighted by Gasteiger charge is 2.53. The SMILES string of the molecule is CCCCCCC/C=C\C/C=C\CCCCCCCCCCCCCC(=O)NC(COC1OC(CO)C(OC2OC(CO)C(OC3OC(CO)C(O)C(O)C3O)C(O)C2O)C(O)C1O)C(O)CCCCCCCCCCCCCCCCCCCCCC. The largest absolute Gasteiger partial charge is 0.394 e. The van der Waals surface area contributed by atoms with E-state index >= 15 is 0 Å². The maximum Gasteiger partial charge on any atom is 0.220 e. The van der Waals surface area contributed by atoms with Crippen LogP contribution in [0, 0.1) is 0 Å². The summed E-state index contributed by atoms with van der Waals surface area (Å²) in [6.07, 6.45) is 31.0. The Labute approximate surface area is 530 Å². The van der Waals surface area contributed by atoms with Gasteiger partial charge < -0.3 is 89.9 Å². The minimum atomic E-state index is -1.97. The maximum absolute atomic E-state index is 13.4. The van der Waals surface area contributed by atoms with E-state index in [-0.39, 0.29) is 18.9 Å². The zero-order valence-corrected chi connectivity index (χ0v) is 54.7. The van der Waals surface area contributed by atoms with E-state index in [0.717, 1.165) is 57.8 Å². The van der Waals surface area contributed by atoms with Gasteiger partial charge in [0.15, 0.2) is 18.9 Å². The topological polar surface area (TPSA) is 307 Å². The lowest BCUT2D eigenvalue weighted by atomic mass is 9.96. The van der Waals surface area contributed by atoms with Gasteiger partial charge in [-0.25, -0.2) is 0 Å². The fourth-order valence-corrected chi connectivity index (χ4v) is 12.2. The number of allylic oxidation sites excluding steroid dienone is 4. The normalized spacial score (nSPS) is 28.5. The molecule has 0 saturated carbocycles. The van der Waals surface area contributed by atoms with Crippen LogP contribution in [0.15, 0.2) is 24.3 Å². The zero-order valence-electron chi connectivity index (χ0n) is 54.7. The monoisotopic (exact) mass is 1260 g/mol. The molecule has 518 valence electrons. The standard InChI is InChI=1S/C69H129NO18/c1-3-5-7-9-11-13-15-17-19-21-23-25-26-27-29-31-33-35-37-39-41-43-45-47-57(75)70-52(53(74)46-44-42-40-38-36-34-32-30-28-24-22-20-18-16-14-12-10-8-6-4-2)51-83-67-63(81)60(78)65(55(49-72)85-67)88-69-64(82)61(79)66(56(50-73)86-69)87-68-62(80)59(77)58(76)54(48-71)84-68/h15,17,21,23,52-56,58-69,71-74,76-82H,3-14,16,18-20,22,24-51H2,1-2H3,(H,70,75)/b17-15-,23-21-. The third-order valence-electron chi connectivity index (χ3n) is 18.0.